The smallest absolute Gasteiger partial charge is 0.185 e. The molecule has 58 heavy (non-hydrogen) atoms. The van der Waals surface area contributed by atoms with Gasteiger partial charge in [-0.1, -0.05) is 36.4 Å². The number of hydrogen-bond acceptors (Lipinski definition) is 5. The van der Waals surface area contributed by atoms with Crippen molar-refractivity contribution in [2.24, 2.45) is 0 Å². The van der Waals surface area contributed by atoms with Crippen LogP contribution in [0.4, 0.5) is 0 Å². The Morgan fingerprint density at radius 3 is 1.55 bits per heavy atom. The van der Waals surface area contributed by atoms with Crippen molar-refractivity contribution in [1.82, 2.24) is 20.1 Å². The van der Waals surface area contributed by atoms with Crippen LogP contribution in [0.2, 0.25) is 0 Å². The number of phenols is 2. The van der Waals surface area contributed by atoms with E-state index in [1.807, 2.05) is 18.2 Å². The molecule has 0 radical (unpaired) electrons. The summed E-state index contributed by atoms with van der Waals surface area (Å²) in [4.78, 5) is 18.3. The molecule has 0 spiro atoms. The van der Waals surface area contributed by atoms with Gasteiger partial charge in [0.25, 0.3) is 0 Å². The predicted molar refractivity (Wildman–Crippen MR) is 241 cm³/mol. The number of para-hydroxylation sites is 3. The Balaban J connectivity index is 0.923. The van der Waals surface area contributed by atoms with Crippen molar-refractivity contribution in [2.75, 3.05) is 12.7 Å². The van der Waals surface area contributed by atoms with E-state index in [1.54, 1.807) is 59.3 Å². The van der Waals surface area contributed by atoms with Crippen molar-refractivity contribution < 1.29 is 15.0 Å². The number of unbranched alkanes of at least 4 members (excludes halogenated alkanes) is 7. The first-order valence-electron chi connectivity index (χ1n) is 20.2. The van der Waals surface area contributed by atoms with Gasteiger partial charge in [-0.2, -0.15) is 0 Å². The van der Waals surface area contributed by atoms with Crippen LogP contribution in [0.5, 0.6) is 11.5 Å². The fourth-order valence-corrected chi connectivity index (χ4v) is 14.1. The summed E-state index contributed by atoms with van der Waals surface area (Å²) in [7, 11) is 0. The minimum Gasteiger partial charge on any atom is -0.507 e. The molecule has 0 saturated heterocycles. The molecule has 0 aliphatic carbocycles. The average molecular weight is 809 g/mol. The van der Waals surface area contributed by atoms with Crippen LogP contribution in [0.15, 0.2) is 164 Å². The number of nitrogens with one attached hydrogen (secondary N) is 1. The molecule has 1 amide bonds. The third kappa shape index (κ3) is 8.57. The van der Waals surface area contributed by atoms with E-state index in [9.17, 15) is 15.0 Å². The number of phenolic OH excluding ortho intramolecular Hbond substituents is 2. The molecule has 9 heteroatoms. The van der Waals surface area contributed by atoms with Crippen molar-refractivity contribution >= 4 is 39.0 Å². The molecule has 1 heterocycles. The van der Waals surface area contributed by atoms with Crippen molar-refractivity contribution in [3.8, 4) is 40.0 Å². The van der Waals surface area contributed by atoms with Crippen molar-refractivity contribution in [2.45, 2.75) is 51.4 Å². The quantitative estimate of drug-likeness (QED) is 0.0592. The van der Waals surface area contributed by atoms with Crippen LogP contribution in [-0.2, 0) is 0 Å². The summed E-state index contributed by atoms with van der Waals surface area (Å²) in [5.74, 6) is -2.73. The Labute approximate surface area is 346 Å². The largest absolute Gasteiger partial charge is 0.507 e. The van der Waals surface area contributed by atoms with E-state index in [2.05, 4.69) is 96.3 Å². The van der Waals surface area contributed by atoms with Gasteiger partial charge in [0.1, 0.15) is 11.5 Å². The summed E-state index contributed by atoms with van der Waals surface area (Å²) in [6, 6.07) is 53.1. The molecule has 7 nitrogen and oxygen atoms in total. The predicted octanol–water partition coefficient (Wildman–Crippen LogP) is 10.5. The molecular weight excluding hydrogens is 759 g/mol. The summed E-state index contributed by atoms with van der Waals surface area (Å²) in [5, 5.41) is 32.8. The first-order chi connectivity index (χ1) is 28.4. The zero-order valence-corrected chi connectivity index (χ0v) is 34.3. The normalized spacial score (nSPS) is 12.1. The van der Waals surface area contributed by atoms with E-state index in [0.717, 1.165) is 51.1 Å². The summed E-state index contributed by atoms with van der Waals surface area (Å²) in [5.41, 5.74) is 1.85. The van der Waals surface area contributed by atoms with E-state index in [-0.39, 0.29) is 23.2 Å². The molecule has 6 aromatic carbocycles. The van der Waals surface area contributed by atoms with E-state index >= 15 is 0 Å². The van der Waals surface area contributed by atoms with Crippen molar-refractivity contribution in [3.63, 3.8) is 0 Å². The number of carbonyl (C=O) groups excluding carboxylic acids is 1. The van der Waals surface area contributed by atoms with Crippen LogP contribution >= 0.6 is 17.2 Å². The minimum atomic E-state index is -3.21. The Kier molecular flexibility index (Phi) is 13.0. The third-order valence-corrected chi connectivity index (χ3v) is 18.5. The average Bonchev–Trinajstić information content (AvgIpc) is 3.71. The maximum absolute atomic E-state index is 13.6. The summed E-state index contributed by atoms with van der Waals surface area (Å²) in [6.07, 6.45) is 9.58. The van der Waals surface area contributed by atoms with Gasteiger partial charge >= 0.3 is 199 Å². The van der Waals surface area contributed by atoms with Gasteiger partial charge in [0.15, 0.2) is 11.6 Å². The van der Waals surface area contributed by atoms with E-state index in [0.29, 0.717) is 34.7 Å². The number of amides is 1. The van der Waals surface area contributed by atoms with E-state index < -0.39 is 5.96 Å². The summed E-state index contributed by atoms with van der Waals surface area (Å²) >= 11 is 8.23. The fraction of sp³-hybridized carbons (Fsp3) is 0.204. The zero-order valence-electron chi connectivity index (χ0n) is 32.6. The minimum absolute atomic E-state index is 0.0309. The molecule has 0 aliphatic heterocycles. The van der Waals surface area contributed by atoms with Crippen LogP contribution in [-0.4, -0.2) is 43.6 Å². The standard InChI is InChI=1S/C49H50ClN4O3P/c50-58(38-24-10-7-11-25-38,39-26-12-8-13-27-39,40-28-14-9-15-29-40)37-23-6-4-2-1-3-5-22-36-51-49(57)41-30-16-19-33-44(41)54-48(43-32-18-21-35-46(43)56)52-47(53-54)42-31-17-20-34-45(42)55/h7-21,24-35,55-56H,1-6,22-23,36-37H2,(H,51,57). The van der Waals surface area contributed by atoms with E-state index in [4.69, 9.17) is 21.3 Å². The van der Waals surface area contributed by atoms with Crippen LogP contribution in [0.1, 0.15) is 61.7 Å². The first-order valence-corrected chi connectivity index (χ1v) is 23.5. The number of hydrogen-bond donors (Lipinski definition) is 3. The zero-order chi connectivity index (χ0) is 40.2. The van der Waals surface area contributed by atoms with Gasteiger partial charge in [-0.15, -0.1) is 5.10 Å². The molecule has 0 bridgehead atoms. The monoisotopic (exact) mass is 808 g/mol. The Morgan fingerprint density at radius 2 is 1.00 bits per heavy atom. The topological polar surface area (TPSA) is 100 Å². The maximum Gasteiger partial charge on any atom is 0.185 e. The van der Waals surface area contributed by atoms with Crippen LogP contribution in [0, 0.1) is 0 Å². The molecule has 0 fully saturated rings. The fourth-order valence-electron chi connectivity index (χ4n) is 7.89. The second kappa shape index (κ2) is 18.7. The van der Waals surface area contributed by atoms with Gasteiger partial charge in [0.2, 0.25) is 0 Å². The number of halogens is 1. The number of carbonyl (C=O) groups is 1. The van der Waals surface area contributed by atoms with Gasteiger partial charge in [0.05, 0.1) is 22.4 Å². The molecule has 0 atom stereocenters. The Morgan fingerprint density at radius 1 is 0.552 bits per heavy atom. The summed E-state index contributed by atoms with van der Waals surface area (Å²) < 4.78 is 1.56. The van der Waals surface area contributed by atoms with Crippen LogP contribution in [0.25, 0.3) is 28.5 Å². The van der Waals surface area contributed by atoms with Crippen molar-refractivity contribution in [1.29, 1.82) is 0 Å². The Bertz CT molecular complexity index is 2320. The van der Waals surface area contributed by atoms with Gasteiger partial charge in [-0.05, 0) is 36.4 Å². The number of aromatic nitrogens is 3. The third-order valence-electron chi connectivity index (χ3n) is 10.9. The SMILES string of the molecule is O=C(NCCCCCCCCCCP(Cl)(c1ccccc1)(c1ccccc1)c1ccccc1)c1ccccc1-n1nc(-c2ccccc2O)nc1-c1ccccc1O. The molecule has 0 saturated carbocycles. The molecule has 3 N–H and O–H groups in total. The second-order valence-electron chi connectivity index (χ2n) is 14.7. The number of benzene rings is 6. The Hall–Kier alpha value is -5.75. The van der Waals surface area contributed by atoms with Crippen LogP contribution in [0.3, 0.4) is 0 Å². The number of nitrogens with zero attached hydrogens (tertiary/aromatic N) is 3. The molecule has 0 aliphatic rings. The number of rotatable bonds is 18. The second-order valence-corrected chi connectivity index (χ2v) is 21.3. The van der Waals surface area contributed by atoms with E-state index in [1.165, 1.54) is 22.3 Å². The molecule has 296 valence electrons. The molecule has 1 aromatic heterocycles. The first kappa shape index (κ1) is 40.4. The molecule has 0 unspecified atom stereocenters. The maximum atomic E-state index is 13.6. The van der Waals surface area contributed by atoms with Gasteiger partial charge < -0.3 is 10.2 Å². The molecule has 7 rings (SSSR count). The molecule has 7 aromatic rings. The van der Waals surface area contributed by atoms with Crippen LogP contribution < -0.4 is 21.2 Å². The summed E-state index contributed by atoms with van der Waals surface area (Å²) in [6.45, 7) is 0.557. The van der Waals surface area contributed by atoms with Gasteiger partial charge in [-0.25, -0.2) is 9.67 Å². The van der Waals surface area contributed by atoms with Gasteiger partial charge in [-0.3, -0.25) is 4.79 Å². The van der Waals surface area contributed by atoms with Crippen molar-refractivity contribution in [3.05, 3.63) is 169 Å². The molecular formula is C49H50ClN4O3P. The number of aromatic hydroxyl groups is 2. The van der Waals surface area contributed by atoms with Gasteiger partial charge in [0, 0.05) is 0 Å².